The van der Waals surface area contributed by atoms with Crippen molar-refractivity contribution in [2.45, 2.75) is 158 Å². The van der Waals surface area contributed by atoms with Gasteiger partial charge in [0.05, 0.1) is 69.4 Å². The number of aromatic amines is 1. The Morgan fingerprint density at radius 2 is 0.833 bits per heavy atom. The van der Waals surface area contributed by atoms with Gasteiger partial charge in [0.25, 0.3) is 0 Å². The van der Waals surface area contributed by atoms with Crippen LogP contribution < -0.4 is 0 Å². The van der Waals surface area contributed by atoms with Gasteiger partial charge in [-0.25, -0.2) is 21.0 Å². The molecule has 32 heteroatoms. The summed E-state index contributed by atoms with van der Waals surface area (Å²) in [6, 6.07) is 38.1. The van der Waals surface area contributed by atoms with E-state index in [-0.39, 0.29) is 29.3 Å². The second-order valence-corrected chi connectivity index (χ2v) is 60.9. The van der Waals surface area contributed by atoms with Crippen LogP contribution in [0.25, 0.3) is 71.6 Å². The molecule has 7 heterocycles. The first-order chi connectivity index (χ1) is 69.4. The minimum absolute atomic E-state index is 0.0735. The minimum Gasteiger partial charge on any atom is -0.366 e. The van der Waals surface area contributed by atoms with Crippen LogP contribution >= 0.6 is 79.6 Å². The summed E-state index contributed by atoms with van der Waals surface area (Å²) in [5, 5.41) is 17.4. The summed E-state index contributed by atoms with van der Waals surface area (Å²) < 4.78 is 63.4. The van der Waals surface area contributed by atoms with Gasteiger partial charge < -0.3 is 23.2 Å². The summed E-state index contributed by atoms with van der Waals surface area (Å²) in [4.78, 5) is 25.3. The number of hydrogen-bond acceptors (Lipinski definition) is 9. The third-order valence-electron chi connectivity index (χ3n) is 18.6. The van der Waals surface area contributed by atoms with Gasteiger partial charge in [-0.05, 0) is 400 Å². The van der Waals surface area contributed by atoms with E-state index in [2.05, 4.69) is 444 Å². The zero-order chi connectivity index (χ0) is 105. The molecule has 13 rings (SSSR count). The number of H-pyrrole nitrogens is 1. The molecule has 1 saturated heterocycles. The van der Waals surface area contributed by atoms with Crippen molar-refractivity contribution in [1.82, 2.24) is 36.8 Å². The van der Waals surface area contributed by atoms with Crippen LogP contribution in [0.4, 0.5) is 13.2 Å². The van der Waals surface area contributed by atoms with Crippen LogP contribution in [0.1, 0.15) is 121 Å². The van der Waals surface area contributed by atoms with Crippen molar-refractivity contribution in [2.24, 2.45) is 4.99 Å². The zero-order valence-corrected chi connectivity index (χ0v) is 98.2. The van der Waals surface area contributed by atoms with E-state index in [4.69, 9.17) is 27.5 Å². The van der Waals surface area contributed by atoms with Crippen LogP contribution in [0.3, 0.4) is 0 Å². The van der Waals surface area contributed by atoms with Gasteiger partial charge in [-0.2, -0.15) is 10.2 Å². The SMILES string of the molecule is C#CC#CC#CC#CC#CC#CC#CC#CC.CC#CC#CC#CC#CC#CC#CC#CC#CC#CC#CC#CC.CC(C)c1c(I)c2cc3c(cc2n1-c1ccc(F)cc1)C=NC3.CC(C)c1c(I)c2cc3c(cnn3COCC[Si](C)(C)C)cc2n1-c1ccc(F)cc1.CC(C)c1cc2cc3[nH]ncc3cc2n1-c1ccc(F)cc1.C[Si](C)(C)CCOCCl.O=C1CCC(=O)N1I.S=S=S=S=S=S=S=S=S=S. The van der Waals surface area contributed by atoms with Crippen LogP contribution in [0.5, 0.6) is 0 Å². The summed E-state index contributed by atoms with van der Waals surface area (Å²) in [6.45, 7) is 35.1. The third-order valence-corrected chi connectivity index (χ3v) is 41.0. The van der Waals surface area contributed by atoms with Gasteiger partial charge in [0.2, 0.25) is 11.8 Å². The molecular formula is C112H90ClF3I3N9O4S10Si2. The molecule has 144 heavy (non-hydrogen) atoms. The maximum atomic E-state index is 13.6. The number of nitrogens with zero attached hydrogens (tertiary/aromatic N) is 8. The first-order valence-electron chi connectivity index (χ1n) is 43.2. The lowest BCUT2D eigenvalue weighted by atomic mass is 10.1. The summed E-state index contributed by atoms with van der Waals surface area (Å²) in [7, 11) is 10.7. The molecule has 0 radical (unpaired) electrons. The number of aromatic nitrogens is 7. The van der Waals surface area contributed by atoms with E-state index in [1.54, 1.807) is 96.9 Å². The van der Waals surface area contributed by atoms with Crippen molar-refractivity contribution in [1.29, 1.82) is 0 Å². The van der Waals surface area contributed by atoms with Crippen molar-refractivity contribution < 1.29 is 32.2 Å². The summed E-state index contributed by atoms with van der Waals surface area (Å²) in [5.41, 5.74) is 14.6. The number of alkyl halides is 1. The lowest BCUT2D eigenvalue weighted by Crippen LogP contribution is -2.22. The van der Waals surface area contributed by atoms with Crippen LogP contribution in [-0.2, 0) is 126 Å². The number of hydrogen-bond donors (Lipinski definition) is 1. The molecule has 0 saturated carbocycles. The number of fused-ring (bicyclic) bond motifs is 6. The highest BCUT2D eigenvalue weighted by atomic mass is 127. The monoisotopic (exact) mass is 2470 g/mol. The van der Waals surface area contributed by atoms with Crippen molar-refractivity contribution in [3.8, 4) is 243 Å². The molecular weight excluding hydrogens is 2390 g/mol. The smallest absolute Gasteiger partial charge is 0.238 e. The molecule has 2 aliphatic heterocycles. The molecule has 5 aromatic heterocycles. The molecule has 0 aliphatic carbocycles. The van der Waals surface area contributed by atoms with Crippen LogP contribution in [0.2, 0.25) is 51.4 Å². The maximum Gasteiger partial charge on any atom is 0.238 e. The standard InChI is InChI=1S/C24H29FIN3OSi.C24H6.C19H16FIN2.C18H16FN3.C17H4.C6H15ClOSi.C4H4INO2.S10/c1-16(2)24-23(26)20-13-21-17(14-27-28(21)15-30-10-11-31(3,4)5)12-22(20)29(24)19-8-6-18(25)7-9-19;1-3-5-7-9-11-13-15-17-19-21-23-24-22-20-18-16-14-12-10-8-6-4-2;1-11(2)19-18(21)16-7-12-9-22-10-13(12)8-17(16)23(19)15-5-3-14(20)4-6-15;1-11(2)17-8-12-7-16-13(10-20-21-16)9-18(12)22(17)15-5-3-14(19)4-6-15;1-3-5-7-9-11-13-15-17-16-14-12-10-8-6-4-2;1-9(2,3)5-4-8-6-7;5-6-3(7)1-2-4(6)8;1-3-5-7-9-10-8-6-4-2/h6-9,12-14,16H,10-11,15H2,1-5H3;1-2H3;3-8,10-11H,9H2,1-2H3;3-11H,1-2H3,(H,20,21);1H,2H3;4-6H2,1-3H3;1-2H2;. The van der Waals surface area contributed by atoms with Gasteiger partial charge in [-0.1, -0.05) is 110 Å². The van der Waals surface area contributed by atoms with Crippen LogP contribution in [0, 0.1) is 250 Å². The van der Waals surface area contributed by atoms with Gasteiger partial charge in [0.15, 0.2) is 0 Å². The Bertz CT molecular complexity index is 8250. The molecule has 0 spiro atoms. The highest BCUT2D eigenvalue weighted by molar-refractivity contribution is 14.1. The molecule has 13 nitrogen and oxygen atoms in total. The van der Waals surface area contributed by atoms with E-state index in [9.17, 15) is 22.8 Å². The largest absolute Gasteiger partial charge is 0.366 e. The molecule has 2 aliphatic rings. The van der Waals surface area contributed by atoms with Gasteiger partial charge in [0.1, 0.15) is 30.2 Å². The van der Waals surface area contributed by atoms with Gasteiger partial charge in [-0.15, -0.1) is 6.42 Å². The van der Waals surface area contributed by atoms with Gasteiger partial charge in [0, 0.05) is 234 Å². The molecule has 1 N–H and O–H groups in total. The Morgan fingerprint density at radius 1 is 0.458 bits per heavy atom. The quantitative estimate of drug-likeness (QED) is 0.0204. The fourth-order valence-corrected chi connectivity index (χ4v) is 33.4. The Balaban J connectivity index is 0.000000260. The zero-order valence-electron chi connectivity index (χ0n) is 80.8. The van der Waals surface area contributed by atoms with Gasteiger partial charge in [-0.3, -0.25) is 19.7 Å². The number of nitrogens with one attached hydrogen (secondary N) is 1. The van der Waals surface area contributed by atoms with E-state index in [1.807, 2.05) is 59.7 Å². The minimum atomic E-state index is -1.11. The highest BCUT2D eigenvalue weighted by Gasteiger charge is 2.27. The summed E-state index contributed by atoms with van der Waals surface area (Å²) >= 11 is 21.2. The molecule has 1 fully saturated rings. The first kappa shape index (κ1) is 121. The average molecular weight is 2480 g/mol. The molecule has 6 aromatic carbocycles. The lowest BCUT2D eigenvalue weighted by Gasteiger charge is -2.15. The van der Waals surface area contributed by atoms with E-state index in [1.165, 1.54) is 106 Å². The number of ether oxygens (including phenoxy) is 2. The van der Waals surface area contributed by atoms with Crippen molar-refractivity contribution in [3.05, 3.63) is 180 Å². The molecule has 11 aromatic rings. The summed E-state index contributed by atoms with van der Waals surface area (Å²) in [6.07, 6.45) is 11.3. The van der Waals surface area contributed by atoms with E-state index >= 15 is 0 Å². The van der Waals surface area contributed by atoms with E-state index in [0.29, 0.717) is 43.4 Å². The lowest BCUT2D eigenvalue weighted by molar-refractivity contribution is -0.130. The topological polar surface area (TPSA) is 129 Å². The van der Waals surface area contributed by atoms with Crippen LogP contribution in [-0.4, -0.2) is 90.2 Å². The normalized spacial score (nSPS) is 10.1. The van der Waals surface area contributed by atoms with E-state index in [0.717, 1.165) is 89.7 Å². The molecule has 0 bridgehead atoms. The maximum absolute atomic E-state index is 13.6. The third kappa shape index (κ3) is 43.2. The number of carbonyl (C=O) groups is 2. The fourth-order valence-electron chi connectivity index (χ4n) is 12.3. The number of imide groups is 1. The Labute approximate surface area is 925 Å². The second-order valence-electron chi connectivity index (χ2n) is 32.2. The van der Waals surface area contributed by atoms with Crippen molar-refractivity contribution in [2.75, 3.05) is 19.3 Å². The molecule has 0 unspecified atom stereocenters. The number of halogens is 7. The molecule has 0 atom stereocenters. The number of carbonyl (C=O) groups excluding carboxylic acids is 2. The number of benzene rings is 6. The van der Waals surface area contributed by atoms with Crippen molar-refractivity contribution >= 4 is 262 Å². The first-order valence-corrected chi connectivity index (χ1v) is 66.3. The fraction of sp³-hybridized carbons (Fsp3) is 0.241. The predicted molar refractivity (Wildman–Crippen MR) is 645 cm³/mol. The Kier molecular flexibility index (Phi) is 56.8. The van der Waals surface area contributed by atoms with Gasteiger partial charge >= 0.3 is 0 Å². The highest BCUT2D eigenvalue weighted by Crippen LogP contribution is 2.40. The van der Waals surface area contributed by atoms with Crippen molar-refractivity contribution in [3.63, 3.8) is 0 Å². The Morgan fingerprint density at radius 3 is 1.20 bits per heavy atom. The number of terminal acetylenes is 1. The number of amides is 2. The summed E-state index contributed by atoms with van der Waals surface area (Å²) in [5.74, 6) is 92.8. The molecule has 724 valence electrons. The van der Waals surface area contributed by atoms with Crippen LogP contribution in [0.15, 0.2) is 133 Å². The second kappa shape index (κ2) is 67.7. The average Bonchev–Trinajstić information content (AvgIpc) is 1.56. The molecule has 2 amide bonds. The number of aliphatic imine (C=N–C) groups is 1. The number of rotatable bonds is 15. The predicted octanol–water partition coefficient (Wildman–Crippen LogP) is 22.1. The van der Waals surface area contributed by atoms with E-state index < -0.39 is 16.1 Å². The Hall–Kier alpha value is -11.8.